The van der Waals surface area contributed by atoms with Crippen molar-refractivity contribution in [1.82, 2.24) is 9.80 Å². The molecule has 1 saturated heterocycles. The Morgan fingerprint density at radius 3 is 1.94 bits per heavy atom. The van der Waals surface area contributed by atoms with E-state index in [9.17, 15) is 5.11 Å². The van der Waals surface area contributed by atoms with Crippen LogP contribution in [0.15, 0.2) is 84.9 Å². The molecular weight excluding hydrogens is 408 g/mol. The molecule has 1 atom stereocenters. The summed E-state index contributed by atoms with van der Waals surface area (Å²) in [6, 6.07) is 29.2. The number of hydrogen-bond donors (Lipinski definition) is 1. The molecule has 172 valence electrons. The maximum absolute atomic E-state index is 10.4. The van der Waals surface area contributed by atoms with E-state index in [-0.39, 0.29) is 0 Å². The van der Waals surface area contributed by atoms with Crippen molar-refractivity contribution in [2.24, 2.45) is 0 Å². The van der Waals surface area contributed by atoms with Gasteiger partial charge in [0, 0.05) is 32.7 Å². The number of likely N-dealkylation sites (N-methyl/N-ethyl adjacent to an activating group) is 1. The van der Waals surface area contributed by atoms with Gasteiger partial charge in [0.15, 0.2) is 0 Å². The fourth-order valence-electron chi connectivity index (χ4n) is 4.33. The first-order chi connectivity index (χ1) is 16.1. The fourth-order valence-corrected chi connectivity index (χ4v) is 4.33. The highest BCUT2D eigenvalue weighted by molar-refractivity contribution is 5.97. The van der Waals surface area contributed by atoms with Gasteiger partial charge in [0.1, 0.15) is 18.5 Å². The van der Waals surface area contributed by atoms with Gasteiger partial charge in [0.25, 0.3) is 0 Å². The lowest BCUT2D eigenvalue weighted by atomic mass is 9.90. The van der Waals surface area contributed by atoms with E-state index in [4.69, 9.17) is 4.74 Å². The average Bonchev–Trinajstić information content (AvgIpc) is 2.86. The first-order valence-corrected chi connectivity index (χ1v) is 11.7. The average molecular weight is 443 g/mol. The van der Waals surface area contributed by atoms with Crippen molar-refractivity contribution in [3.8, 4) is 5.75 Å². The number of piperazine rings is 1. The molecule has 33 heavy (non-hydrogen) atoms. The van der Waals surface area contributed by atoms with Gasteiger partial charge in [-0.25, -0.2) is 0 Å². The van der Waals surface area contributed by atoms with Gasteiger partial charge in [0.05, 0.1) is 0 Å². The van der Waals surface area contributed by atoms with Crippen LogP contribution in [0.4, 0.5) is 0 Å². The summed E-state index contributed by atoms with van der Waals surface area (Å²) in [6.07, 6.45) is -0.492. The Labute approximate surface area is 197 Å². The van der Waals surface area contributed by atoms with Gasteiger partial charge < -0.3 is 14.7 Å². The molecule has 0 spiro atoms. The summed E-state index contributed by atoms with van der Waals surface area (Å²) in [5.41, 5.74) is 5.99. The Bertz CT molecular complexity index is 1020. The Hall–Kier alpha value is -2.92. The number of benzene rings is 3. The molecule has 0 bridgehead atoms. The zero-order valence-corrected chi connectivity index (χ0v) is 19.7. The highest BCUT2D eigenvalue weighted by Gasteiger charge is 2.17. The molecule has 0 aromatic heterocycles. The number of aliphatic hydroxyl groups excluding tert-OH is 1. The number of aliphatic hydroxyl groups is 1. The molecular formula is C29H34N2O2. The topological polar surface area (TPSA) is 35.9 Å². The molecule has 1 N–H and O–H groups in total. The molecule has 0 amide bonds. The lowest BCUT2D eigenvalue weighted by molar-refractivity contribution is 0.0505. The fraction of sp³-hybridized carbons (Fsp3) is 0.310. The molecule has 0 radical (unpaired) electrons. The van der Waals surface area contributed by atoms with Crippen LogP contribution < -0.4 is 4.74 Å². The van der Waals surface area contributed by atoms with Crippen LogP contribution in [0.1, 0.15) is 23.6 Å². The van der Waals surface area contributed by atoms with E-state index in [0.29, 0.717) is 13.2 Å². The Balaban J connectivity index is 1.46. The number of hydrogen-bond acceptors (Lipinski definition) is 4. The first-order valence-electron chi connectivity index (χ1n) is 11.7. The summed E-state index contributed by atoms with van der Waals surface area (Å²) in [7, 11) is 2.14. The standard InChI is InChI=1S/C29H34N2O2/c1-23(24-9-5-3-6-10-24)29(25-11-7-4-8-12-25)26-13-15-28(16-14-26)33-22-27(32)21-31-19-17-30(2)18-20-31/h3-16,27,32H,17-22H2,1-2H3/b29-23+. The molecule has 3 aromatic rings. The van der Waals surface area contributed by atoms with E-state index in [1.165, 1.54) is 22.3 Å². The van der Waals surface area contributed by atoms with Crippen molar-refractivity contribution in [2.45, 2.75) is 13.0 Å². The molecule has 1 aliphatic heterocycles. The monoisotopic (exact) mass is 442 g/mol. The smallest absolute Gasteiger partial charge is 0.119 e. The van der Waals surface area contributed by atoms with Crippen molar-refractivity contribution >= 4 is 11.1 Å². The van der Waals surface area contributed by atoms with Crippen molar-refractivity contribution in [1.29, 1.82) is 0 Å². The summed E-state index contributed by atoms with van der Waals surface area (Å²) >= 11 is 0. The van der Waals surface area contributed by atoms with Crippen LogP contribution in [0.2, 0.25) is 0 Å². The second kappa shape index (κ2) is 11.3. The molecule has 0 aliphatic carbocycles. The molecule has 1 unspecified atom stereocenters. The maximum atomic E-state index is 10.4. The van der Waals surface area contributed by atoms with Crippen molar-refractivity contribution in [2.75, 3.05) is 46.4 Å². The number of allylic oxidation sites excluding steroid dienone is 1. The number of β-amino-alcohol motifs (C(OH)–C–C–N with tert-alkyl or cyclic N) is 1. The zero-order valence-electron chi connectivity index (χ0n) is 19.7. The summed E-state index contributed by atoms with van der Waals surface area (Å²) < 4.78 is 5.91. The highest BCUT2D eigenvalue weighted by Crippen LogP contribution is 2.32. The zero-order chi connectivity index (χ0) is 23.0. The second-order valence-corrected chi connectivity index (χ2v) is 8.83. The largest absolute Gasteiger partial charge is 0.491 e. The normalized spacial score (nSPS) is 16.8. The van der Waals surface area contributed by atoms with Gasteiger partial charge in [-0.3, -0.25) is 4.90 Å². The van der Waals surface area contributed by atoms with Crippen LogP contribution in [0, 0.1) is 0 Å². The van der Waals surface area contributed by atoms with E-state index in [1.54, 1.807) is 0 Å². The third-order valence-corrected chi connectivity index (χ3v) is 6.29. The van der Waals surface area contributed by atoms with Crippen molar-refractivity contribution in [3.05, 3.63) is 102 Å². The SMILES string of the molecule is C/C(=C(/c1ccccc1)c1ccc(OCC(O)CN2CCN(C)CC2)cc1)c1ccccc1. The number of nitrogens with zero attached hydrogens (tertiary/aromatic N) is 2. The first kappa shape index (κ1) is 23.2. The van der Waals surface area contributed by atoms with E-state index in [0.717, 1.165) is 37.5 Å². The third kappa shape index (κ3) is 6.32. The molecule has 0 saturated carbocycles. The van der Waals surface area contributed by atoms with Crippen LogP contribution in [-0.4, -0.2) is 67.4 Å². The van der Waals surface area contributed by atoms with Gasteiger partial charge in [-0.05, 0) is 53.9 Å². The van der Waals surface area contributed by atoms with Gasteiger partial charge in [-0.2, -0.15) is 0 Å². The highest BCUT2D eigenvalue weighted by atomic mass is 16.5. The second-order valence-electron chi connectivity index (χ2n) is 8.83. The maximum Gasteiger partial charge on any atom is 0.119 e. The van der Waals surface area contributed by atoms with Crippen LogP contribution in [0.5, 0.6) is 5.75 Å². The molecule has 4 rings (SSSR count). The predicted molar refractivity (Wildman–Crippen MR) is 136 cm³/mol. The van der Waals surface area contributed by atoms with E-state index >= 15 is 0 Å². The lowest BCUT2D eigenvalue weighted by Gasteiger charge is -2.33. The predicted octanol–water partition coefficient (Wildman–Crippen LogP) is 4.65. The molecule has 1 aliphatic rings. The molecule has 1 heterocycles. The molecule has 4 nitrogen and oxygen atoms in total. The van der Waals surface area contributed by atoms with Gasteiger partial charge in [0.2, 0.25) is 0 Å². The summed E-state index contributed by atoms with van der Waals surface area (Å²) in [5, 5.41) is 10.4. The third-order valence-electron chi connectivity index (χ3n) is 6.29. The van der Waals surface area contributed by atoms with Gasteiger partial charge >= 0.3 is 0 Å². The number of rotatable bonds is 8. The van der Waals surface area contributed by atoms with Crippen LogP contribution in [-0.2, 0) is 0 Å². The molecule has 3 aromatic carbocycles. The number of ether oxygens (including phenoxy) is 1. The van der Waals surface area contributed by atoms with Crippen LogP contribution >= 0.6 is 0 Å². The minimum atomic E-state index is -0.492. The van der Waals surface area contributed by atoms with Crippen LogP contribution in [0.3, 0.4) is 0 Å². The summed E-state index contributed by atoms with van der Waals surface area (Å²) in [6.45, 7) is 7.23. The molecule has 1 fully saturated rings. The minimum Gasteiger partial charge on any atom is -0.491 e. The van der Waals surface area contributed by atoms with E-state index < -0.39 is 6.10 Å². The quantitative estimate of drug-likeness (QED) is 0.515. The summed E-state index contributed by atoms with van der Waals surface area (Å²) in [4.78, 5) is 4.62. The van der Waals surface area contributed by atoms with E-state index in [2.05, 4.69) is 84.4 Å². The Morgan fingerprint density at radius 1 is 0.788 bits per heavy atom. The van der Waals surface area contributed by atoms with Crippen molar-refractivity contribution in [3.63, 3.8) is 0 Å². The van der Waals surface area contributed by atoms with Crippen LogP contribution in [0.25, 0.3) is 11.1 Å². The lowest BCUT2D eigenvalue weighted by Crippen LogP contribution is -2.47. The van der Waals surface area contributed by atoms with E-state index in [1.807, 2.05) is 24.3 Å². The van der Waals surface area contributed by atoms with Crippen molar-refractivity contribution < 1.29 is 9.84 Å². The Kier molecular flexibility index (Phi) is 7.95. The van der Waals surface area contributed by atoms with Gasteiger partial charge in [-0.15, -0.1) is 0 Å². The summed E-state index contributed by atoms with van der Waals surface area (Å²) in [5.74, 6) is 0.779. The minimum absolute atomic E-state index is 0.302. The molecule has 4 heteroatoms. The Morgan fingerprint density at radius 2 is 1.33 bits per heavy atom. The van der Waals surface area contributed by atoms with Gasteiger partial charge in [-0.1, -0.05) is 72.8 Å².